The van der Waals surface area contributed by atoms with Gasteiger partial charge in [-0.05, 0) is 22.9 Å². The fourth-order valence-corrected chi connectivity index (χ4v) is 1.33. The van der Waals surface area contributed by atoms with E-state index in [1.165, 1.54) is 16.9 Å². The summed E-state index contributed by atoms with van der Waals surface area (Å²) in [6.07, 6.45) is 0. The van der Waals surface area contributed by atoms with E-state index in [9.17, 15) is 4.39 Å². The van der Waals surface area contributed by atoms with Crippen molar-refractivity contribution in [2.75, 3.05) is 0 Å². The van der Waals surface area contributed by atoms with Crippen molar-refractivity contribution in [2.24, 2.45) is 12.8 Å². The van der Waals surface area contributed by atoms with Gasteiger partial charge >= 0.3 is 0 Å². The molecule has 0 aliphatic heterocycles. The molecule has 0 aliphatic rings. The maximum atomic E-state index is 13.1. The summed E-state index contributed by atoms with van der Waals surface area (Å²) >= 11 is 0. The van der Waals surface area contributed by atoms with E-state index in [1.807, 2.05) is 0 Å². The van der Waals surface area contributed by atoms with Crippen LogP contribution in [0.3, 0.4) is 0 Å². The number of hydrogen-bond donors (Lipinski definition) is 1. The van der Waals surface area contributed by atoms with Gasteiger partial charge in [0.1, 0.15) is 5.82 Å². The number of rotatable bonds is 2. The van der Waals surface area contributed by atoms with Crippen LogP contribution in [-0.4, -0.2) is 20.2 Å². The van der Waals surface area contributed by atoms with Crippen molar-refractivity contribution < 1.29 is 4.39 Å². The average molecular weight is 244 g/mol. The summed E-state index contributed by atoms with van der Waals surface area (Å²) < 4.78 is 13.1. The van der Waals surface area contributed by atoms with Crippen molar-refractivity contribution in [3.8, 4) is 11.4 Å². The number of aromatic nitrogens is 4. The third-order valence-electron chi connectivity index (χ3n) is 2.04. The van der Waals surface area contributed by atoms with Crippen LogP contribution >= 0.6 is 12.4 Å². The highest BCUT2D eigenvalue weighted by molar-refractivity contribution is 5.85. The van der Waals surface area contributed by atoms with Gasteiger partial charge in [0.2, 0.25) is 5.82 Å². The topological polar surface area (TPSA) is 69.6 Å². The number of nitrogens with two attached hydrogens (primary N) is 1. The molecule has 0 bridgehead atoms. The van der Waals surface area contributed by atoms with Gasteiger partial charge in [0.05, 0.1) is 7.05 Å². The SMILES string of the molecule is Cl.Cn1nnc(-c2cc(F)ccc2CN)n1. The predicted octanol–water partition coefficient (Wildman–Crippen LogP) is 0.897. The molecule has 1 aromatic carbocycles. The van der Waals surface area contributed by atoms with Crippen LogP contribution in [0, 0.1) is 5.82 Å². The summed E-state index contributed by atoms with van der Waals surface area (Å²) in [5.74, 6) is 0.0482. The molecule has 0 spiro atoms. The molecule has 0 fully saturated rings. The molecule has 16 heavy (non-hydrogen) atoms. The molecule has 0 amide bonds. The summed E-state index contributed by atoms with van der Waals surface area (Å²) in [5, 5.41) is 11.5. The smallest absolute Gasteiger partial charge is 0.205 e. The largest absolute Gasteiger partial charge is 0.326 e. The second-order valence-electron chi connectivity index (χ2n) is 3.11. The summed E-state index contributed by atoms with van der Waals surface area (Å²) in [6.45, 7) is 0.313. The van der Waals surface area contributed by atoms with Crippen LogP contribution in [0.25, 0.3) is 11.4 Å². The Morgan fingerprint density at radius 3 is 2.75 bits per heavy atom. The molecule has 0 radical (unpaired) electrons. The van der Waals surface area contributed by atoms with E-state index >= 15 is 0 Å². The van der Waals surface area contributed by atoms with E-state index in [4.69, 9.17) is 5.73 Å². The van der Waals surface area contributed by atoms with E-state index in [0.717, 1.165) is 5.56 Å². The van der Waals surface area contributed by atoms with Crippen molar-refractivity contribution in [2.45, 2.75) is 6.54 Å². The lowest BCUT2D eigenvalue weighted by atomic mass is 10.1. The van der Waals surface area contributed by atoms with Crippen molar-refractivity contribution in [3.05, 3.63) is 29.6 Å². The fourth-order valence-electron chi connectivity index (χ4n) is 1.33. The minimum Gasteiger partial charge on any atom is -0.326 e. The average Bonchev–Trinajstić information content (AvgIpc) is 2.65. The molecule has 2 aromatic rings. The quantitative estimate of drug-likeness (QED) is 0.851. The lowest BCUT2D eigenvalue weighted by molar-refractivity contribution is 0.626. The van der Waals surface area contributed by atoms with Gasteiger partial charge in [0.25, 0.3) is 0 Å². The second-order valence-corrected chi connectivity index (χ2v) is 3.11. The first-order chi connectivity index (χ1) is 7.20. The van der Waals surface area contributed by atoms with Gasteiger partial charge in [-0.3, -0.25) is 0 Å². The first-order valence-electron chi connectivity index (χ1n) is 4.43. The first-order valence-corrected chi connectivity index (χ1v) is 4.43. The van der Waals surface area contributed by atoms with Gasteiger partial charge in [-0.15, -0.1) is 22.6 Å². The van der Waals surface area contributed by atoms with E-state index in [1.54, 1.807) is 13.1 Å². The van der Waals surface area contributed by atoms with Gasteiger partial charge in [0, 0.05) is 12.1 Å². The Morgan fingerprint density at radius 1 is 1.44 bits per heavy atom. The van der Waals surface area contributed by atoms with E-state index < -0.39 is 0 Å². The Kier molecular flexibility index (Phi) is 3.92. The molecular formula is C9H11ClFN5. The standard InChI is InChI=1S/C9H10FN5.ClH/c1-15-13-9(12-14-15)8-4-7(10)3-2-6(8)5-11;/h2-4H,5,11H2,1H3;1H. The summed E-state index contributed by atoms with van der Waals surface area (Å²) in [7, 11) is 1.65. The van der Waals surface area contributed by atoms with Crippen LogP contribution in [0.4, 0.5) is 4.39 Å². The van der Waals surface area contributed by atoms with Gasteiger partial charge < -0.3 is 5.73 Å². The van der Waals surface area contributed by atoms with E-state index in [0.29, 0.717) is 17.9 Å². The Bertz CT molecular complexity index is 485. The minimum atomic E-state index is -0.338. The Hall–Kier alpha value is -1.53. The van der Waals surface area contributed by atoms with Crippen molar-refractivity contribution >= 4 is 12.4 Å². The van der Waals surface area contributed by atoms with Crippen molar-refractivity contribution in [1.82, 2.24) is 20.2 Å². The second kappa shape index (κ2) is 5.00. The first kappa shape index (κ1) is 12.5. The van der Waals surface area contributed by atoms with Crippen molar-refractivity contribution in [1.29, 1.82) is 0 Å². The van der Waals surface area contributed by atoms with Gasteiger partial charge in [-0.25, -0.2) is 4.39 Å². The van der Waals surface area contributed by atoms with Crippen LogP contribution in [0.15, 0.2) is 18.2 Å². The summed E-state index contributed by atoms with van der Waals surface area (Å²) in [6, 6.07) is 4.35. The molecule has 86 valence electrons. The van der Waals surface area contributed by atoms with Gasteiger partial charge in [0.15, 0.2) is 0 Å². The van der Waals surface area contributed by atoms with Gasteiger partial charge in [-0.1, -0.05) is 6.07 Å². The molecule has 7 heteroatoms. The number of aryl methyl sites for hydroxylation is 1. The molecule has 1 heterocycles. The van der Waals surface area contributed by atoms with Crippen LogP contribution in [0.2, 0.25) is 0 Å². The molecular weight excluding hydrogens is 233 g/mol. The maximum absolute atomic E-state index is 13.1. The van der Waals surface area contributed by atoms with Crippen molar-refractivity contribution in [3.63, 3.8) is 0 Å². The van der Waals surface area contributed by atoms with Crippen LogP contribution in [0.5, 0.6) is 0 Å². The third-order valence-corrected chi connectivity index (χ3v) is 2.04. The molecule has 2 N–H and O–H groups in total. The maximum Gasteiger partial charge on any atom is 0.205 e. The Morgan fingerprint density at radius 2 is 2.19 bits per heavy atom. The lowest BCUT2D eigenvalue weighted by Crippen LogP contribution is -2.00. The zero-order valence-electron chi connectivity index (χ0n) is 8.59. The Balaban J connectivity index is 0.00000128. The lowest BCUT2D eigenvalue weighted by Gasteiger charge is -2.02. The van der Waals surface area contributed by atoms with Crippen LogP contribution in [0.1, 0.15) is 5.56 Å². The Labute approximate surface area is 97.9 Å². The van der Waals surface area contributed by atoms with Crippen LogP contribution < -0.4 is 5.73 Å². The number of tetrazole rings is 1. The molecule has 1 aromatic heterocycles. The molecule has 0 saturated carbocycles. The highest BCUT2D eigenvalue weighted by atomic mass is 35.5. The zero-order valence-corrected chi connectivity index (χ0v) is 9.41. The molecule has 2 rings (SSSR count). The molecule has 0 aliphatic carbocycles. The third kappa shape index (κ3) is 2.34. The zero-order chi connectivity index (χ0) is 10.8. The summed E-state index contributed by atoms with van der Waals surface area (Å²) in [4.78, 5) is 1.32. The highest BCUT2D eigenvalue weighted by Gasteiger charge is 2.10. The fraction of sp³-hybridized carbons (Fsp3) is 0.222. The monoisotopic (exact) mass is 243 g/mol. The van der Waals surface area contributed by atoms with Crippen LogP contribution in [-0.2, 0) is 13.6 Å². The number of halogens is 2. The van der Waals surface area contributed by atoms with Gasteiger partial charge in [-0.2, -0.15) is 4.80 Å². The summed E-state index contributed by atoms with van der Waals surface area (Å²) in [5.41, 5.74) is 6.92. The molecule has 0 atom stereocenters. The number of hydrogen-bond acceptors (Lipinski definition) is 4. The normalized spacial score (nSPS) is 9.94. The number of nitrogens with zero attached hydrogens (tertiary/aromatic N) is 4. The minimum absolute atomic E-state index is 0. The van der Waals surface area contributed by atoms with E-state index in [-0.39, 0.29) is 18.2 Å². The highest BCUT2D eigenvalue weighted by Crippen LogP contribution is 2.20. The predicted molar refractivity (Wildman–Crippen MR) is 59.3 cm³/mol. The molecule has 0 unspecified atom stereocenters. The van der Waals surface area contributed by atoms with E-state index in [2.05, 4.69) is 15.4 Å². The molecule has 5 nitrogen and oxygen atoms in total. The number of benzene rings is 1. The molecule has 0 saturated heterocycles.